The van der Waals surface area contributed by atoms with E-state index >= 15 is 0 Å². The largest absolute Gasteiger partial charge is 0.355 e. The third kappa shape index (κ3) is 4.41. The van der Waals surface area contributed by atoms with Crippen LogP contribution in [0.25, 0.3) is 11.0 Å². The lowest BCUT2D eigenvalue weighted by Crippen LogP contribution is -2.43. The van der Waals surface area contributed by atoms with Crippen LogP contribution in [0.2, 0.25) is 0 Å². The third-order valence-electron chi connectivity index (χ3n) is 6.79. The van der Waals surface area contributed by atoms with Gasteiger partial charge < -0.3 is 10.2 Å². The Morgan fingerprint density at radius 2 is 1.91 bits per heavy atom. The first kappa shape index (κ1) is 21.1. The van der Waals surface area contributed by atoms with E-state index in [1.165, 1.54) is 17.7 Å². The van der Waals surface area contributed by atoms with E-state index in [1.54, 1.807) is 11.3 Å². The number of carbonyl (C=O) groups excluding carboxylic acids is 2. The fourth-order valence-corrected chi connectivity index (χ4v) is 5.64. The van der Waals surface area contributed by atoms with Crippen LogP contribution < -0.4 is 5.32 Å². The molecular formula is C24H29N5O2S. The molecular weight excluding hydrogens is 422 g/mol. The van der Waals surface area contributed by atoms with Crippen molar-refractivity contribution in [3.05, 3.63) is 46.2 Å². The van der Waals surface area contributed by atoms with Crippen molar-refractivity contribution in [2.45, 2.75) is 51.0 Å². The fourth-order valence-electron chi connectivity index (χ4n) is 4.93. The van der Waals surface area contributed by atoms with Gasteiger partial charge in [0.15, 0.2) is 0 Å². The van der Waals surface area contributed by atoms with Crippen molar-refractivity contribution in [1.29, 1.82) is 0 Å². The Morgan fingerprint density at radius 3 is 2.66 bits per heavy atom. The van der Waals surface area contributed by atoms with Crippen LogP contribution in [0, 0.1) is 5.92 Å². The Bertz CT molecular complexity index is 1080. The van der Waals surface area contributed by atoms with Gasteiger partial charge in [-0.1, -0.05) is 24.1 Å². The van der Waals surface area contributed by atoms with Crippen molar-refractivity contribution in [2.75, 3.05) is 19.6 Å². The Morgan fingerprint density at radius 1 is 1.09 bits per heavy atom. The van der Waals surface area contributed by atoms with E-state index < -0.39 is 0 Å². The molecule has 5 rings (SSSR count). The van der Waals surface area contributed by atoms with Gasteiger partial charge in [0, 0.05) is 36.0 Å². The van der Waals surface area contributed by atoms with Gasteiger partial charge in [0.1, 0.15) is 5.52 Å². The number of aromatic nitrogens is 3. The number of benzene rings is 1. The number of thiophene rings is 1. The lowest BCUT2D eigenvalue weighted by atomic mass is 9.95. The van der Waals surface area contributed by atoms with E-state index in [0.717, 1.165) is 30.3 Å². The first-order valence-corrected chi connectivity index (χ1v) is 12.5. The van der Waals surface area contributed by atoms with Crippen LogP contribution in [0.1, 0.15) is 59.8 Å². The van der Waals surface area contributed by atoms with Gasteiger partial charge in [-0.3, -0.25) is 9.59 Å². The normalized spacial score (nSPS) is 17.8. The molecule has 2 aromatic heterocycles. The number of piperidine rings is 1. The number of nitrogens with one attached hydrogen (secondary N) is 1. The quantitative estimate of drug-likeness (QED) is 0.618. The van der Waals surface area contributed by atoms with Gasteiger partial charge in [-0.05, 0) is 61.7 Å². The molecule has 2 fully saturated rings. The van der Waals surface area contributed by atoms with E-state index in [0.29, 0.717) is 44.1 Å². The van der Waals surface area contributed by atoms with E-state index in [4.69, 9.17) is 0 Å². The molecule has 168 valence electrons. The monoisotopic (exact) mass is 451 g/mol. The van der Waals surface area contributed by atoms with Gasteiger partial charge >= 0.3 is 0 Å². The lowest BCUT2D eigenvalue weighted by molar-refractivity contribution is -0.126. The highest BCUT2D eigenvalue weighted by Crippen LogP contribution is 2.31. The highest BCUT2D eigenvalue weighted by Gasteiger charge is 2.28. The molecule has 2 amide bonds. The molecule has 8 heteroatoms. The number of carbonyl (C=O) groups is 2. The molecule has 0 radical (unpaired) electrons. The summed E-state index contributed by atoms with van der Waals surface area (Å²) in [6.07, 6.45) is 7.06. The van der Waals surface area contributed by atoms with Gasteiger partial charge in [-0.25, -0.2) is 4.68 Å². The number of hydrogen-bond donors (Lipinski definition) is 1. The molecule has 1 saturated carbocycles. The summed E-state index contributed by atoms with van der Waals surface area (Å²) in [5.74, 6) is 0.105. The lowest BCUT2D eigenvalue weighted by Gasteiger charge is -2.31. The zero-order valence-electron chi connectivity index (χ0n) is 18.2. The highest BCUT2D eigenvalue weighted by atomic mass is 32.1. The zero-order valence-corrected chi connectivity index (χ0v) is 19.0. The fraction of sp³-hybridized carbons (Fsp3) is 0.500. The van der Waals surface area contributed by atoms with Crippen LogP contribution in [0.4, 0.5) is 0 Å². The number of amides is 2. The van der Waals surface area contributed by atoms with Crippen LogP contribution in [-0.4, -0.2) is 51.3 Å². The van der Waals surface area contributed by atoms with Crippen molar-refractivity contribution in [1.82, 2.24) is 25.2 Å². The van der Waals surface area contributed by atoms with Crippen molar-refractivity contribution in [3.63, 3.8) is 0 Å². The number of hydrogen-bond acceptors (Lipinski definition) is 5. The van der Waals surface area contributed by atoms with Gasteiger partial charge in [0.25, 0.3) is 5.91 Å². The summed E-state index contributed by atoms with van der Waals surface area (Å²) in [6, 6.07) is 10.3. The number of likely N-dealkylation sites (tertiary alicyclic amines) is 1. The molecule has 0 unspecified atom stereocenters. The Balaban J connectivity index is 1.15. The summed E-state index contributed by atoms with van der Waals surface area (Å²) < 4.78 is 2.03. The van der Waals surface area contributed by atoms with Crippen molar-refractivity contribution in [3.8, 4) is 0 Å². The second-order valence-corrected chi connectivity index (χ2v) is 9.89. The molecule has 0 atom stereocenters. The maximum atomic E-state index is 13.1. The molecule has 7 nitrogen and oxygen atoms in total. The van der Waals surface area contributed by atoms with Crippen LogP contribution in [-0.2, 0) is 11.2 Å². The maximum Gasteiger partial charge on any atom is 0.253 e. The third-order valence-corrected chi connectivity index (χ3v) is 7.73. The molecule has 0 bridgehead atoms. The van der Waals surface area contributed by atoms with E-state index in [-0.39, 0.29) is 17.7 Å². The Kier molecular flexibility index (Phi) is 6.21. The summed E-state index contributed by atoms with van der Waals surface area (Å²) in [5.41, 5.74) is 2.43. The van der Waals surface area contributed by atoms with Crippen molar-refractivity contribution in [2.24, 2.45) is 5.92 Å². The summed E-state index contributed by atoms with van der Waals surface area (Å²) in [6.45, 7) is 1.88. The minimum Gasteiger partial charge on any atom is -0.355 e. The van der Waals surface area contributed by atoms with E-state index in [2.05, 4.69) is 27.1 Å². The van der Waals surface area contributed by atoms with Gasteiger partial charge in [0.05, 0.1) is 11.6 Å². The standard InChI is InChI=1S/C24H29N5O2S/c30-23(25-12-9-20-6-3-15-32-20)17-10-13-28(14-11-17)24(31)18-7-8-22-21(16-18)26-27-29(22)19-4-1-2-5-19/h3,6-8,15-17,19H,1-2,4-5,9-14H2,(H,25,30). The number of fused-ring (bicyclic) bond motifs is 1. The predicted octanol–water partition coefficient (Wildman–Crippen LogP) is 3.82. The minimum atomic E-state index is -0.0174. The van der Waals surface area contributed by atoms with Gasteiger partial charge in [-0.2, -0.15) is 0 Å². The smallest absolute Gasteiger partial charge is 0.253 e. The van der Waals surface area contributed by atoms with Crippen LogP contribution in [0.5, 0.6) is 0 Å². The summed E-state index contributed by atoms with van der Waals surface area (Å²) in [5, 5.41) is 13.8. The average Bonchev–Trinajstić information content (AvgIpc) is 3.60. The Labute approximate surface area is 191 Å². The summed E-state index contributed by atoms with van der Waals surface area (Å²) in [4.78, 5) is 28.7. The average molecular weight is 452 g/mol. The molecule has 3 aromatic rings. The summed E-state index contributed by atoms with van der Waals surface area (Å²) >= 11 is 1.71. The topological polar surface area (TPSA) is 80.1 Å². The maximum absolute atomic E-state index is 13.1. The van der Waals surface area contributed by atoms with Crippen LogP contribution >= 0.6 is 11.3 Å². The molecule has 1 aromatic carbocycles. The van der Waals surface area contributed by atoms with Crippen molar-refractivity contribution >= 4 is 34.2 Å². The first-order chi connectivity index (χ1) is 15.7. The molecule has 1 aliphatic carbocycles. The SMILES string of the molecule is O=C(NCCc1cccs1)C1CCN(C(=O)c2ccc3c(c2)nnn3C2CCCC2)CC1. The Hall–Kier alpha value is -2.74. The molecule has 2 aliphatic rings. The second kappa shape index (κ2) is 9.40. The van der Waals surface area contributed by atoms with Crippen LogP contribution in [0.15, 0.2) is 35.7 Å². The minimum absolute atomic E-state index is 0.0128. The van der Waals surface area contributed by atoms with E-state index in [1.807, 2.05) is 33.8 Å². The predicted molar refractivity (Wildman–Crippen MR) is 125 cm³/mol. The summed E-state index contributed by atoms with van der Waals surface area (Å²) in [7, 11) is 0. The van der Waals surface area contributed by atoms with Crippen molar-refractivity contribution < 1.29 is 9.59 Å². The molecule has 0 spiro atoms. The first-order valence-electron chi connectivity index (χ1n) is 11.6. The van der Waals surface area contributed by atoms with E-state index in [9.17, 15) is 9.59 Å². The van der Waals surface area contributed by atoms with Crippen LogP contribution in [0.3, 0.4) is 0 Å². The molecule has 1 aliphatic heterocycles. The second-order valence-electron chi connectivity index (χ2n) is 8.86. The van der Waals surface area contributed by atoms with Gasteiger partial charge in [-0.15, -0.1) is 16.4 Å². The zero-order chi connectivity index (χ0) is 21.9. The molecule has 1 N–H and O–H groups in total. The molecule has 3 heterocycles. The molecule has 32 heavy (non-hydrogen) atoms. The number of rotatable bonds is 6. The molecule has 1 saturated heterocycles. The number of nitrogens with zero attached hydrogens (tertiary/aromatic N) is 4. The highest BCUT2D eigenvalue weighted by molar-refractivity contribution is 7.09. The van der Waals surface area contributed by atoms with Gasteiger partial charge in [0.2, 0.25) is 5.91 Å².